The molecule has 4 nitrogen and oxygen atoms in total. The molecule has 6 heteroatoms. The molecule has 0 aliphatic rings. The first kappa shape index (κ1) is 14.1. The van der Waals surface area contributed by atoms with Crippen molar-refractivity contribution in [2.75, 3.05) is 0 Å². The van der Waals surface area contributed by atoms with Crippen LogP contribution in [0.25, 0.3) is 0 Å². The Balaban J connectivity index is 2.01. The largest absolute Gasteiger partial charge is 0.507 e. The van der Waals surface area contributed by atoms with Crippen molar-refractivity contribution in [3.05, 3.63) is 42.3 Å². The lowest BCUT2D eigenvalue weighted by Crippen LogP contribution is -2.13. The first-order valence-corrected chi connectivity index (χ1v) is 7.60. The van der Waals surface area contributed by atoms with E-state index in [2.05, 4.69) is 60.7 Å². The van der Waals surface area contributed by atoms with Crippen LogP contribution >= 0.6 is 45.2 Å². The number of phenols is 1. The molecular weight excluding hydrogens is 456 g/mol. The number of nitrogens with one attached hydrogen (secondary N) is 2. The van der Waals surface area contributed by atoms with Gasteiger partial charge in [0.2, 0.25) is 0 Å². The number of aryl methyl sites for hydroxylation is 1. The molecular formula is C12H13I2N3O. The van der Waals surface area contributed by atoms with Gasteiger partial charge in [0.15, 0.2) is 0 Å². The number of hydrogen-bond acceptors (Lipinski definition) is 3. The average molecular weight is 469 g/mol. The summed E-state index contributed by atoms with van der Waals surface area (Å²) in [6.07, 6.45) is 1.82. The van der Waals surface area contributed by atoms with Gasteiger partial charge in [-0.25, -0.2) is 0 Å². The molecule has 0 saturated heterocycles. The molecule has 0 saturated carbocycles. The molecule has 0 fully saturated rings. The molecule has 1 aromatic heterocycles. The third kappa shape index (κ3) is 3.35. The zero-order valence-electron chi connectivity index (χ0n) is 9.80. The first-order chi connectivity index (χ1) is 8.58. The SMILES string of the molecule is Cc1[nH]ncc1CNCc1cc(I)cc(I)c1O. The molecule has 3 N–H and O–H groups in total. The van der Waals surface area contributed by atoms with Crippen LogP contribution in [-0.2, 0) is 13.1 Å². The van der Waals surface area contributed by atoms with Crippen LogP contribution in [0, 0.1) is 14.1 Å². The summed E-state index contributed by atoms with van der Waals surface area (Å²) in [5.74, 6) is 0.368. The second-order valence-electron chi connectivity index (χ2n) is 4.02. The number of halogens is 2. The number of phenolic OH excluding ortho intramolecular Hbond substituents is 1. The Kier molecular flexibility index (Phi) is 4.84. The summed E-state index contributed by atoms with van der Waals surface area (Å²) in [5.41, 5.74) is 3.14. The third-order valence-electron chi connectivity index (χ3n) is 2.67. The smallest absolute Gasteiger partial charge is 0.133 e. The summed E-state index contributed by atoms with van der Waals surface area (Å²) in [5, 5.41) is 20.2. The van der Waals surface area contributed by atoms with Gasteiger partial charge in [0.05, 0.1) is 9.77 Å². The van der Waals surface area contributed by atoms with Crippen LogP contribution in [0.3, 0.4) is 0 Å². The molecule has 18 heavy (non-hydrogen) atoms. The molecule has 96 valence electrons. The molecule has 0 unspecified atom stereocenters. The molecule has 0 spiro atoms. The highest BCUT2D eigenvalue weighted by Crippen LogP contribution is 2.26. The Bertz CT molecular complexity index is 554. The molecule has 0 aliphatic heterocycles. The van der Waals surface area contributed by atoms with Crippen molar-refractivity contribution in [2.45, 2.75) is 20.0 Å². The van der Waals surface area contributed by atoms with E-state index in [1.165, 1.54) is 0 Å². The zero-order valence-corrected chi connectivity index (χ0v) is 14.1. The number of nitrogens with zero attached hydrogens (tertiary/aromatic N) is 1. The van der Waals surface area contributed by atoms with E-state index in [1.54, 1.807) is 0 Å². The van der Waals surface area contributed by atoms with E-state index in [0.717, 1.165) is 30.5 Å². The Morgan fingerprint density at radius 1 is 1.28 bits per heavy atom. The molecule has 0 aliphatic carbocycles. The molecule has 0 amide bonds. The van der Waals surface area contributed by atoms with Crippen molar-refractivity contribution in [1.82, 2.24) is 15.5 Å². The van der Waals surface area contributed by atoms with Gasteiger partial charge < -0.3 is 10.4 Å². The van der Waals surface area contributed by atoms with Crippen LogP contribution in [-0.4, -0.2) is 15.3 Å². The second kappa shape index (κ2) is 6.20. The maximum atomic E-state index is 9.96. The van der Waals surface area contributed by atoms with Gasteiger partial charge in [-0.1, -0.05) is 0 Å². The highest BCUT2D eigenvalue weighted by atomic mass is 127. The fourth-order valence-electron chi connectivity index (χ4n) is 1.64. The van der Waals surface area contributed by atoms with Gasteiger partial charge in [0.25, 0.3) is 0 Å². The fraction of sp³-hybridized carbons (Fsp3) is 0.250. The summed E-state index contributed by atoms with van der Waals surface area (Å²) in [7, 11) is 0. The number of H-pyrrole nitrogens is 1. The monoisotopic (exact) mass is 469 g/mol. The number of rotatable bonds is 4. The van der Waals surface area contributed by atoms with Crippen LogP contribution in [0.15, 0.2) is 18.3 Å². The van der Waals surface area contributed by atoms with Crippen LogP contribution < -0.4 is 5.32 Å². The molecule has 1 heterocycles. The van der Waals surface area contributed by atoms with Crippen LogP contribution in [0.2, 0.25) is 0 Å². The van der Waals surface area contributed by atoms with Crippen molar-refractivity contribution in [2.24, 2.45) is 0 Å². The van der Waals surface area contributed by atoms with Gasteiger partial charge in [0.1, 0.15) is 5.75 Å². The molecule has 0 bridgehead atoms. The van der Waals surface area contributed by atoms with Crippen molar-refractivity contribution < 1.29 is 5.11 Å². The minimum Gasteiger partial charge on any atom is -0.507 e. The predicted molar refractivity (Wildman–Crippen MR) is 87.4 cm³/mol. The summed E-state index contributed by atoms with van der Waals surface area (Å²) in [4.78, 5) is 0. The Morgan fingerprint density at radius 2 is 2.00 bits per heavy atom. The van der Waals surface area contributed by atoms with E-state index < -0.39 is 0 Å². The zero-order chi connectivity index (χ0) is 13.1. The Morgan fingerprint density at radius 3 is 2.67 bits per heavy atom. The van der Waals surface area contributed by atoms with Crippen molar-refractivity contribution in [3.8, 4) is 5.75 Å². The lowest BCUT2D eigenvalue weighted by atomic mass is 10.2. The standard InChI is InChI=1S/C12H13I2N3O/c1-7-9(6-16-17-7)5-15-4-8-2-10(13)3-11(14)12(8)18/h2-3,6,15,18H,4-5H2,1H3,(H,16,17). The van der Waals surface area contributed by atoms with Gasteiger partial charge >= 0.3 is 0 Å². The normalized spacial score (nSPS) is 10.8. The Hall–Kier alpha value is -0.350. The molecule has 2 aromatic rings. The Labute approximate surface area is 133 Å². The summed E-state index contributed by atoms with van der Waals surface area (Å²) < 4.78 is 2.02. The number of hydrogen-bond donors (Lipinski definition) is 3. The molecule has 1 aromatic carbocycles. The number of aromatic nitrogens is 2. The van der Waals surface area contributed by atoms with E-state index in [9.17, 15) is 5.11 Å². The molecule has 0 radical (unpaired) electrons. The number of aromatic amines is 1. The van der Waals surface area contributed by atoms with E-state index in [-0.39, 0.29) is 0 Å². The first-order valence-electron chi connectivity index (χ1n) is 5.44. The van der Waals surface area contributed by atoms with Crippen molar-refractivity contribution in [3.63, 3.8) is 0 Å². The van der Waals surface area contributed by atoms with Gasteiger partial charge in [-0.3, -0.25) is 5.10 Å². The lowest BCUT2D eigenvalue weighted by molar-refractivity contribution is 0.460. The summed E-state index contributed by atoms with van der Waals surface area (Å²) >= 11 is 4.40. The minimum absolute atomic E-state index is 0.368. The number of benzene rings is 1. The predicted octanol–water partition coefficient (Wildman–Crippen LogP) is 2.92. The van der Waals surface area contributed by atoms with Gasteiger partial charge in [0, 0.05) is 33.5 Å². The molecule has 2 rings (SSSR count). The summed E-state index contributed by atoms with van der Waals surface area (Å²) in [6.45, 7) is 3.38. The van der Waals surface area contributed by atoms with Crippen LogP contribution in [0.5, 0.6) is 5.75 Å². The van der Waals surface area contributed by atoms with Crippen LogP contribution in [0.4, 0.5) is 0 Å². The van der Waals surface area contributed by atoms with E-state index in [0.29, 0.717) is 12.3 Å². The molecule has 0 atom stereocenters. The highest BCUT2D eigenvalue weighted by molar-refractivity contribution is 14.1. The maximum Gasteiger partial charge on any atom is 0.133 e. The van der Waals surface area contributed by atoms with Gasteiger partial charge in [-0.15, -0.1) is 0 Å². The third-order valence-corrected chi connectivity index (χ3v) is 4.12. The van der Waals surface area contributed by atoms with Gasteiger partial charge in [-0.05, 0) is 64.2 Å². The number of aromatic hydroxyl groups is 1. The van der Waals surface area contributed by atoms with E-state index in [1.807, 2.05) is 25.3 Å². The topological polar surface area (TPSA) is 60.9 Å². The highest BCUT2D eigenvalue weighted by Gasteiger charge is 2.07. The average Bonchev–Trinajstić information content (AvgIpc) is 2.71. The second-order valence-corrected chi connectivity index (χ2v) is 6.43. The fourth-order valence-corrected chi connectivity index (χ4v) is 3.60. The van der Waals surface area contributed by atoms with Crippen molar-refractivity contribution in [1.29, 1.82) is 0 Å². The maximum absolute atomic E-state index is 9.96. The summed E-state index contributed by atoms with van der Waals surface area (Å²) in [6, 6.07) is 3.95. The quantitative estimate of drug-likeness (QED) is 0.604. The van der Waals surface area contributed by atoms with Crippen molar-refractivity contribution >= 4 is 45.2 Å². The van der Waals surface area contributed by atoms with Gasteiger partial charge in [-0.2, -0.15) is 5.10 Å². The lowest BCUT2D eigenvalue weighted by Gasteiger charge is -2.09. The van der Waals surface area contributed by atoms with E-state index >= 15 is 0 Å². The minimum atomic E-state index is 0.368. The van der Waals surface area contributed by atoms with E-state index in [4.69, 9.17) is 0 Å². The van der Waals surface area contributed by atoms with Crippen LogP contribution in [0.1, 0.15) is 16.8 Å².